The number of aliphatic carboxylic acids is 2. The molecule has 1 aliphatic rings. The average Bonchev–Trinajstić information content (AvgIpc) is 3.04. The van der Waals surface area contributed by atoms with Crippen molar-refractivity contribution < 1.29 is 24.6 Å². The van der Waals surface area contributed by atoms with Gasteiger partial charge in [-0.25, -0.2) is 4.79 Å². The molecule has 2 atom stereocenters. The fraction of sp³-hybridized carbons (Fsp3) is 0.500. The number of aromatic nitrogens is 2. The number of fused-ring (bicyclic) bond motifs is 1. The van der Waals surface area contributed by atoms with E-state index >= 15 is 0 Å². The highest BCUT2D eigenvalue weighted by Crippen LogP contribution is 2.27. The first kappa shape index (κ1) is 19.9. The lowest BCUT2D eigenvalue weighted by atomic mass is 9.89. The molecule has 2 aromatic rings. The fourth-order valence-corrected chi connectivity index (χ4v) is 3.80. The molecule has 150 valence electrons. The zero-order valence-electron chi connectivity index (χ0n) is 15.8. The summed E-state index contributed by atoms with van der Waals surface area (Å²) < 4.78 is 1.82. The first-order valence-corrected chi connectivity index (χ1v) is 9.60. The number of rotatable bonds is 7. The lowest BCUT2D eigenvalue weighted by Gasteiger charge is -2.21. The van der Waals surface area contributed by atoms with Gasteiger partial charge in [0.05, 0.1) is 11.4 Å². The van der Waals surface area contributed by atoms with Crippen LogP contribution in [0.3, 0.4) is 0 Å². The predicted octanol–water partition coefficient (Wildman–Crippen LogP) is 2.52. The number of amides is 1. The highest BCUT2D eigenvalue weighted by Gasteiger charge is 2.33. The zero-order valence-corrected chi connectivity index (χ0v) is 15.8. The molecule has 1 aliphatic carbocycles. The number of carboxylic acids is 2. The largest absolute Gasteiger partial charge is 0.481 e. The van der Waals surface area contributed by atoms with E-state index in [0.717, 1.165) is 18.4 Å². The Morgan fingerprint density at radius 1 is 1.14 bits per heavy atom. The fourth-order valence-electron chi connectivity index (χ4n) is 3.80. The van der Waals surface area contributed by atoms with Crippen LogP contribution in [0.5, 0.6) is 0 Å². The number of para-hydroxylation sites is 1. The predicted molar refractivity (Wildman–Crippen MR) is 102 cm³/mol. The van der Waals surface area contributed by atoms with Crippen LogP contribution in [-0.2, 0) is 16.1 Å². The van der Waals surface area contributed by atoms with E-state index in [0.29, 0.717) is 17.8 Å². The van der Waals surface area contributed by atoms with E-state index in [1.165, 1.54) is 26.2 Å². The van der Waals surface area contributed by atoms with Crippen molar-refractivity contribution in [2.75, 3.05) is 0 Å². The second kappa shape index (κ2) is 8.41. The van der Waals surface area contributed by atoms with Crippen molar-refractivity contribution in [2.24, 2.45) is 11.8 Å². The van der Waals surface area contributed by atoms with Gasteiger partial charge in [-0.3, -0.25) is 14.3 Å². The Kier molecular flexibility index (Phi) is 5.96. The molecule has 0 aliphatic heterocycles. The molecule has 8 heteroatoms. The average molecular weight is 387 g/mol. The smallest absolute Gasteiger partial charge is 0.327 e. The van der Waals surface area contributed by atoms with Gasteiger partial charge in [0, 0.05) is 11.9 Å². The van der Waals surface area contributed by atoms with Crippen molar-refractivity contribution in [3.8, 4) is 0 Å². The van der Waals surface area contributed by atoms with Crippen molar-refractivity contribution in [3.05, 3.63) is 30.0 Å². The van der Waals surface area contributed by atoms with Crippen LogP contribution < -0.4 is 5.32 Å². The number of hydrogen-bond acceptors (Lipinski definition) is 4. The zero-order chi connectivity index (χ0) is 20.3. The monoisotopic (exact) mass is 387 g/mol. The number of carbonyl (C=O) groups is 3. The van der Waals surface area contributed by atoms with Crippen molar-refractivity contribution in [1.82, 2.24) is 15.1 Å². The van der Waals surface area contributed by atoms with Crippen LogP contribution in [0.15, 0.2) is 24.3 Å². The number of carboxylic acid groups (broad SMARTS) is 2. The number of hydrogen-bond donors (Lipinski definition) is 3. The van der Waals surface area contributed by atoms with E-state index in [1.807, 2.05) is 16.8 Å². The molecule has 1 heterocycles. The molecule has 1 amide bonds. The first-order chi connectivity index (χ1) is 13.4. The van der Waals surface area contributed by atoms with Crippen molar-refractivity contribution in [1.29, 1.82) is 0 Å². The Morgan fingerprint density at radius 3 is 2.46 bits per heavy atom. The summed E-state index contributed by atoms with van der Waals surface area (Å²) >= 11 is 0. The number of nitrogens with one attached hydrogen (secondary N) is 1. The van der Waals surface area contributed by atoms with E-state index in [9.17, 15) is 19.5 Å². The summed E-state index contributed by atoms with van der Waals surface area (Å²) in [4.78, 5) is 35.4. The Hall–Kier alpha value is -2.90. The Labute approximate surface area is 162 Å². The molecule has 1 aromatic heterocycles. The van der Waals surface area contributed by atoms with Gasteiger partial charge in [0.25, 0.3) is 5.91 Å². The van der Waals surface area contributed by atoms with Crippen LogP contribution in [0.2, 0.25) is 0 Å². The van der Waals surface area contributed by atoms with Gasteiger partial charge in [-0.1, -0.05) is 37.5 Å². The third-order valence-electron chi connectivity index (χ3n) is 5.47. The molecule has 1 aromatic carbocycles. The van der Waals surface area contributed by atoms with E-state index < -0.39 is 29.8 Å². The van der Waals surface area contributed by atoms with Crippen LogP contribution in [-0.4, -0.2) is 43.9 Å². The molecular formula is C20H25N3O5. The Balaban J connectivity index is 1.88. The molecule has 8 nitrogen and oxygen atoms in total. The standard InChI is InChI=1S/C20H25N3O5/c1-12(19(25)26)16(20(27)28)21-18(24)17-14-9-5-6-10-15(14)23(22-17)11-13-7-3-2-4-8-13/h5-6,9-10,12-13,16H,2-4,7-8,11H2,1H3,(H,21,24)(H,25,26)(H,27,28)/t12-,16+/m1/s1. The highest BCUT2D eigenvalue weighted by molar-refractivity contribution is 6.06. The Bertz CT molecular complexity index is 885. The third kappa shape index (κ3) is 4.16. The maximum Gasteiger partial charge on any atom is 0.327 e. The van der Waals surface area contributed by atoms with Crippen molar-refractivity contribution >= 4 is 28.7 Å². The van der Waals surface area contributed by atoms with Gasteiger partial charge in [-0.2, -0.15) is 5.10 Å². The van der Waals surface area contributed by atoms with Crippen LogP contribution in [0.25, 0.3) is 10.9 Å². The summed E-state index contributed by atoms with van der Waals surface area (Å²) in [5, 5.41) is 25.8. The lowest BCUT2D eigenvalue weighted by molar-refractivity contribution is -0.149. The van der Waals surface area contributed by atoms with Gasteiger partial charge in [-0.05, 0) is 31.7 Å². The van der Waals surface area contributed by atoms with Gasteiger partial charge in [0.2, 0.25) is 0 Å². The molecule has 28 heavy (non-hydrogen) atoms. The quantitative estimate of drug-likeness (QED) is 0.671. The normalized spacial score (nSPS) is 17.2. The minimum atomic E-state index is -1.53. The highest BCUT2D eigenvalue weighted by atomic mass is 16.4. The minimum Gasteiger partial charge on any atom is -0.481 e. The third-order valence-corrected chi connectivity index (χ3v) is 5.47. The van der Waals surface area contributed by atoms with Gasteiger partial charge in [0.1, 0.15) is 6.04 Å². The van der Waals surface area contributed by atoms with E-state index in [2.05, 4.69) is 10.4 Å². The molecular weight excluding hydrogens is 362 g/mol. The minimum absolute atomic E-state index is 0.121. The van der Waals surface area contributed by atoms with Crippen LogP contribution >= 0.6 is 0 Å². The summed E-state index contributed by atoms with van der Waals surface area (Å²) in [6.07, 6.45) is 5.91. The number of carbonyl (C=O) groups excluding carboxylic acids is 1. The molecule has 1 saturated carbocycles. The molecule has 3 rings (SSSR count). The van der Waals surface area contributed by atoms with Gasteiger partial charge in [-0.15, -0.1) is 0 Å². The molecule has 1 fully saturated rings. The molecule has 0 bridgehead atoms. The summed E-state index contributed by atoms with van der Waals surface area (Å²) in [5.74, 6) is -4.13. The summed E-state index contributed by atoms with van der Waals surface area (Å²) in [5.41, 5.74) is 0.937. The van der Waals surface area contributed by atoms with E-state index in [-0.39, 0.29) is 5.69 Å². The second-order valence-electron chi connectivity index (χ2n) is 7.47. The summed E-state index contributed by atoms with van der Waals surface area (Å²) in [7, 11) is 0. The van der Waals surface area contributed by atoms with Gasteiger partial charge >= 0.3 is 11.9 Å². The Morgan fingerprint density at radius 2 is 1.82 bits per heavy atom. The second-order valence-corrected chi connectivity index (χ2v) is 7.47. The summed E-state index contributed by atoms with van der Waals surface area (Å²) in [6, 6.07) is 5.78. The number of benzene rings is 1. The van der Waals surface area contributed by atoms with Gasteiger partial charge in [0.15, 0.2) is 5.69 Å². The number of nitrogens with zero attached hydrogens (tertiary/aromatic N) is 2. The molecule has 0 radical (unpaired) electrons. The molecule has 0 unspecified atom stereocenters. The van der Waals surface area contributed by atoms with E-state index in [4.69, 9.17) is 5.11 Å². The maximum absolute atomic E-state index is 12.8. The van der Waals surface area contributed by atoms with Crippen molar-refractivity contribution in [3.63, 3.8) is 0 Å². The summed E-state index contributed by atoms with van der Waals surface area (Å²) in [6.45, 7) is 1.96. The molecule has 0 spiro atoms. The lowest BCUT2D eigenvalue weighted by Crippen LogP contribution is -2.47. The maximum atomic E-state index is 12.8. The van der Waals surface area contributed by atoms with Crippen molar-refractivity contribution in [2.45, 2.75) is 51.6 Å². The van der Waals surface area contributed by atoms with Gasteiger partial charge < -0.3 is 15.5 Å². The van der Waals surface area contributed by atoms with E-state index in [1.54, 1.807) is 12.1 Å². The SMILES string of the molecule is C[C@@H](C(=O)O)[C@H](NC(=O)c1nn(CC2CCCCC2)c2ccccc12)C(=O)O. The van der Waals surface area contributed by atoms with Crippen LogP contribution in [0.4, 0.5) is 0 Å². The first-order valence-electron chi connectivity index (χ1n) is 9.60. The van der Waals surface area contributed by atoms with Crippen LogP contribution in [0.1, 0.15) is 49.5 Å². The van der Waals surface area contributed by atoms with Crippen LogP contribution in [0, 0.1) is 11.8 Å². The topological polar surface area (TPSA) is 122 Å². The molecule has 3 N–H and O–H groups in total. The molecule has 0 saturated heterocycles.